The summed E-state index contributed by atoms with van der Waals surface area (Å²) < 4.78 is 22.7. The molecule has 6 heteroatoms. The van der Waals surface area contributed by atoms with E-state index in [9.17, 15) is 13.2 Å². The van der Waals surface area contributed by atoms with Crippen LogP contribution in [0.25, 0.3) is 0 Å². The van der Waals surface area contributed by atoms with Crippen molar-refractivity contribution in [2.75, 3.05) is 19.3 Å². The number of sulfone groups is 1. The number of nitrogens with one attached hydrogen (secondary N) is 2. The second-order valence-electron chi connectivity index (χ2n) is 5.13. The molecule has 0 saturated carbocycles. The largest absolute Gasteiger partial charge is 0.352 e. The molecular weight excluding hydrogens is 276 g/mol. The van der Waals surface area contributed by atoms with E-state index >= 15 is 0 Å². The first-order valence-corrected chi connectivity index (χ1v) is 8.67. The van der Waals surface area contributed by atoms with E-state index in [1.54, 1.807) is 12.1 Å². The van der Waals surface area contributed by atoms with Gasteiger partial charge in [0.05, 0.1) is 4.90 Å². The van der Waals surface area contributed by atoms with Crippen molar-refractivity contribution in [2.45, 2.75) is 30.2 Å². The SMILES string of the molecule is CS(=O)(=O)c1ccc(C(=O)NCC[C@H]2CCCN2)cc1. The van der Waals surface area contributed by atoms with Crippen LogP contribution in [0, 0.1) is 0 Å². The molecule has 2 N–H and O–H groups in total. The summed E-state index contributed by atoms with van der Waals surface area (Å²) in [5.41, 5.74) is 0.483. The van der Waals surface area contributed by atoms with Crippen LogP contribution in [0.1, 0.15) is 29.6 Å². The summed E-state index contributed by atoms with van der Waals surface area (Å²) in [5, 5.41) is 6.23. The van der Waals surface area contributed by atoms with Crippen LogP contribution in [0.4, 0.5) is 0 Å². The van der Waals surface area contributed by atoms with Crippen molar-refractivity contribution in [2.24, 2.45) is 0 Å². The number of benzene rings is 1. The van der Waals surface area contributed by atoms with E-state index in [0.29, 0.717) is 18.2 Å². The zero-order valence-electron chi connectivity index (χ0n) is 11.6. The van der Waals surface area contributed by atoms with Crippen molar-refractivity contribution in [3.8, 4) is 0 Å². The second kappa shape index (κ2) is 6.37. The normalized spacial score (nSPS) is 18.9. The summed E-state index contributed by atoms with van der Waals surface area (Å²) in [4.78, 5) is 12.1. The molecule has 1 heterocycles. The van der Waals surface area contributed by atoms with E-state index in [2.05, 4.69) is 10.6 Å². The second-order valence-corrected chi connectivity index (χ2v) is 7.15. The minimum absolute atomic E-state index is 0.164. The maximum atomic E-state index is 11.9. The quantitative estimate of drug-likeness (QED) is 0.849. The summed E-state index contributed by atoms with van der Waals surface area (Å²) in [5.74, 6) is -0.164. The van der Waals surface area contributed by atoms with Gasteiger partial charge in [0.25, 0.3) is 5.91 Å². The Balaban J connectivity index is 1.85. The van der Waals surface area contributed by atoms with Crippen LogP contribution in [0.3, 0.4) is 0 Å². The molecule has 1 aliphatic heterocycles. The molecular formula is C14H20N2O3S. The van der Waals surface area contributed by atoms with Gasteiger partial charge in [0.2, 0.25) is 0 Å². The summed E-state index contributed by atoms with van der Waals surface area (Å²) in [6.07, 6.45) is 4.44. The molecule has 1 aliphatic rings. The minimum atomic E-state index is -3.21. The van der Waals surface area contributed by atoms with Crippen molar-refractivity contribution < 1.29 is 13.2 Å². The first-order valence-electron chi connectivity index (χ1n) is 6.78. The van der Waals surface area contributed by atoms with E-state index in [0.717, 1.165) is 19.2 Å². The molecule has 0 unspecified atom stereocenters. The lowest BCUT2D eigenvalue weighted by atomic mass is 10.1. The Labute approximate surface area is 119 Å². The van der Waals surface area contributed by atoms with Crippen molar-refractivity contribution >= 4 is 15.7 Å². The highest BCUT2D eigenvalue weighted by atomic mass is 32.2. The van der Waals surface area contributed by atoms with Gasteiger partial charge in [0.15, 0.2) is 9.84 Å². The molecule has 0 radical (unpaired) electrons. The third-order valence-electron chi connectivity index (χ3n) is 3.49. The molecule has 0 aromatic heterocycles. The van der Waals surface area contributed by atoms with Crippen molar-refractivity contribution in [3.63, 3.8) is 0 Å². The molecule has 1 fully saturated rings. The maximum Gasteiger partial charge on any atom is 0.251 e. The summed E-state index contributed by atoms with van der Waals surface area (Å²) in [7, 11) is -3.21. The van der Waals surface area contributed by atoms with E-state index < -0.39 is 9.84 Å². The lowest BCUT2D eigenvalue weighted by Gasteiger charge is -2.10. The Hall–Kier alpha value is -1.40. The predicted octanol–water partition coefficient (Wildman–Crippen LogP) is 0.962. The molecule has 1 saturated heterocycles. The molecule has 0 spiro atoms. The maximum absolute atomic E-state index is 11.9. The molecule has 5 nitrogen and oxygen atoms in total. The van der Waals surface area contributed by atoms with Gasteiger partial charge in [0, 0.05) is 24.4 Å². The molecule has 1 atom stereocenters. The molecule has 0 bridgehead atoms. The Morgan fingerprint density at radius 3 is 2.60 bits per heavy atom. The number of carbonyl (C=O) groups is 1. The third kappa shape index (κ3) is 4.05. The van der Waals surface area contributed by atoms with Gasteiger partial charge in [-0.1, -0.05) is 0 Å². The molecule has 110 valence electrons. The number of hydrogen-bond acceptors (Lipinski definition) is 4. The fourth-order valence-corrected chi connectivity index (χ4v) is 2.95. The van der Waals surface area contributed by atoms with E-state index in [4.69, 9.17) is 0 Å². The average Bonchev–Trinajstić information content (AvgIpc) is 2.91. The van der Waals surface area contributed by atoms with Gasteiger partial charge in [-0.05, 0) is 50.1 Å². The third-order valence-corrected chi connectivity index (χ3v) is 4.61. The number of rotatable bonds is 5. The highest BCUT2D eigenvalue weighted by Crippen LogP contribution is 2.11. The van der Waals surface area contributed by atoms with Gasteiger partial charge in [-0.15, -0.1) is 0 Å². The Kier molecular flexibility index (Phi) is 4.77. The van der Waals surface area contributed by atoms with Crippen LogP contribution in [0.5, 0.6) is 0 Å². The standard InChI is InChI=1S/C14H20N2O3S/c1-20(18,19)13-6-4-11(5-7-13)14(17)16-10-8-12-3-2-9-15-12/h4-7,12,15H,2-3,8-10H2,1H3,(H,16,17)/t12-/m1/s1. The first-order chi connectivity index (χ1) is 9.47. The van der Waals surface area contributed by atoms with Crippen LogP contribution < -0.4 is 10.6 Å². The van der Waals surface area contributed by atoms with Gasteiger partial charge in [-0.25, -0.2) is 8.42 Å². The fraction of sp³-hybridized carbons (Fsp3) is 0.500. The van der Waals surface area contributed by atoms with Crippen LogP contribution in [-0.4, -0.2) is 39.7 Å². The van der Waals surface area contributed by atoms with E-state index in [1.165, 1.54) is 25.0 Å². The minimum Gasteiger partial charge on any atom is -0.352 e. The number of hydrogen-bond donors (Lipinski definition) is 2. The van der Waals surface area contributed by atoms with Crippen LogP contribution in [-0.2, 0) is 9.84 Å². The molecule has 1 aromatic rings. The lowest BCUT2D eigenvalue weighted by molar-refractivity contribution is 0.0952. The van der Waals surface area contributed by atoms with Crippen LogP contribution in [0.15, 0.2) is 29.2 Å². The Morgan fingerprint density at radius 1 is 1.35 bits per heavy atom. The molecule has 1 aromatic carbocycles. The number of carbonyl (C=O) groups excluding carboxylic acids is 1. The monoisotopic (exact) mass is 296 g/mol. The molecule has 2 rings (SSSR count). The average molecular weight is 296 g/mol. The molecule has 0 aliphatic carbocycles. The van der Waals surface area contributed by atoms with Crippen molar-refractivity contribution in [1.82, 2.24) is 10.6 Å². The van der Waals surface area contributed by atoms with Crippen LogP contribution >= 0.6 is 0 Å². The first kappa shape index (κ1) is 15.0. The fourth-order valence-electron chi connectivity index (χ4n) is 2.32. The van der Waals surface area contributed by atoms with Crippen molar-refractivity contribution in [3.05, 3.63) is 29.8 Å². The summed E-state index contributed by atoms with van der Waals surface area (Å²) in [6, 6.07) is 6.51. The van der Waals surface area contributed by atoms with Gasteiger partial charge in [0.1, 0.15) is 0 Å². The van der Waals surface area contributed by atoms with Gasteiger partial charge < -0.3 is 10.6 Å². The van der Waals surface area contributed by atoms with Gasteiger partial charge in [-0.3, -0.25) is 4.79 Å². The highest BCUT2D eigenvalue weighted by molar-refractivity contribution is 7.90. The summed E-state index contributed by atoms with van der Waals surface area (Å²) >= 11 is 0. The lowest BCUT2D eigenvalue weighted by Crippen LogP contribution is -2.30. The van der Waals surface area contributed by atoms with Crippen LogP contribution in [0.2, 0.25) is 0 Å². The van der Waals surface area contributed by atoms with Gasteiger partial charge in [-0.2, -0.15) is 0 Å². The zero-order chi connectivity index (χ0) is 14.6. The van der Waals surface area contributed by atoms with Gasteiger partial charge >= 0.3 is 0 Å². The number of amides is 1. The Bertz CT molecular complexity index is 561. The summed E-state index contributed by atoms with van der Waals surface area (Å²) in [6.45, 7) is 1.69. The van der Waals surface area contributed by atoms with Crippen molar-refractivity contribution in [1.29, 1.82) is 0 Å². The topological polar surface area (TPSA) is 75.3 Å². The Morgan fingerprint density at radius 2 is 2.05 bits per heavy atom. The van der Waals surface area contributed by atoms with E-state index in [-0.39, 0.29) is 10.8 Å². The molecule has 20 heavy (non-hydrogen) atoms. The predicted molar refractivity (Wildman–Crippen MR) is 77.5 cm³/mol. The molecule has 1 amide bonds. The zero-order valence-corrected chi connectivity index (χ0v) is 12.4. The smallest absolute Gasteiger partial charge is 0.251 e. The highest BCUT2D eigenvalue weighted by Gasteiger charge is 2.14. The van der Waals surface area contributed by atoms with E-state index in [1.807, 2.05) is 0 Å².